The first-order valence-corrected chi connectivity index (χ1v) is 11.7. The summed E-state index contributed by atoms with van der Waals surface area (Å²) in [5, 5.41) is 3.58. The fourth-order valence-corrected chi connectivity index (χ4v) is 4.27. The van der Waals surface area contributed by atoms with Crippen molar-refractivity contribution >= 4 is 22.7 Å². The zero-order chi connectivity index (χ0) is 22.5. The summed E-state index contributed by atoms with van der Waals surface area (Å²) in [5.74, 6) is 0. The van der Waals surface area contributed by atoms with Gasteiger partial charge in [-0.3, -0.25) is 9.38 Å². The van der Waals surface area contributed by atoms with Gasteiger partial charge in [0, 0.05) is 54.3 Å². The summed E-state index contributed by atoms with van der Waals surface area (Å²) >= 11 is 0. The smallest absolute Gasteiger partial charge is 0.161 e. The molecule has 4 rings (SSSR count). The van der Waals surface area contributed by atoms with Crippen LogP contribution in [-0.2, 0) is 6.42 Å². The van der Waals surface area contributed by atoms with Gasteiger partial charge in [-0.2, -0.15) is 0 Å². The maximum atomic E-state index is 4.62. The topological polar surface area (TPSA) is 45.5 Å². The molecule has 166 valence electrons. The third-order valence-electron chi connectivity index (χ3n) is 5.84. The number of hydrogen-bond donors (Lipinski definition) is 1. The second-order valence-electron chi connectivity index (χ2n) is 8.26. The molecular formula is C27H33N5. The van der Waals surface area contributed by atoms with E-state index in [0.717, 1.165) is 66.3 Å². The highest BCUT2D eigenvalue weighted by Gasteiger charge is 2.12. The number of anilines is 3. The molecule has 1 N–H and O–H groups in total. The molecule has 32 heavy (non-hydrogen) atoms. The van der Waals surface area contributed by atoms with E-state index in [9.17, 15) is 0 Å². The molecule has 0 radical (unpaired) electrons. The molecule has 0 atom stereocenters. The summed E-state index contributed by atoms with van der Waals surface area (Å²) in [6, 6.07) is 15.1. The Hall–Kier alpha value is -3.34. The summed E-state index contributed by atoms with van der Waals surface area (Å²) < 4.78 is 2.12. The van der Waals surface area contributed by atoms with Gasteiger partial charge < -0.3 is 10.2 Å². The van der Waals surface area contributed by atoms with Gasteiger partial charge in [0.25, 0.3) is 0 Å². The molecule has 1 aromatic carbocycles. The predicted octanol–water partition coefficient (Wildman–Crippen LogP) is 6.64. The molecule has 0 amide bonds. The summed E-state index contributed by atoms with van der Waals surface area (Å²) in [7, 11) is 0. The quantitative estimate of drug-likeness (QED) is 0.325. The Morgan fingerprint density at radius 3 is 2.41 bits per heavy atom. The maximum Gasteiger partial charge on any atom is 0.161 e. The van der Waals surface area contributed by atoms with Gasteiger partial charge in [-0.25, -0.2) is 4.98 Å². The molecule has 0 fully saturated rings. The second kappa shape index (κ2) is 9.86. The SMILES string of the molecule is CCCN(CCC)c1ccc(Nc2ccc(-c3ccc(CC)nc3)n3ccnc23)cc1C. The van der Waals surface area contributed by atoms with Gasteiger partial charge in [-0.05, 0) is 74.2 Å². The molecule has 0 saturated heterocycles. The largest absolute Gasteiger partial charge is 0.371 e. The Kier molecular flexibility index (Phi) is 6.74. The van der Waals surface area contributed by atoms with E-state index < -0.39 is 0 Å². The number of hydrogen-bond acceptors (Lipinski definition) is 4. The number of aromatic nitrogens is 3. The first-order valence-electron chi connectivity index (χ1n) is 11.7. The van der Waals surface area contributed by atoms with Crippen molar-refractivity contribution in [1.82, 2.24) is 14.4 Å². The molecule has 0 aliphatic rings. The van der Waals surface area contributed by atoms with Crippen molar-refractivity contribution in [1.29, 1.82) is 0 Å². The van der Waals surface area contributed by atoms with Gasteiger partial charge in [0.15, 0.2) is 5.65 Å². The van der Waals surface area contributed by atoms with Crippen LogP contribution < -0.4 is 10.2 Å². The van der Waals surface area contributed by atoms with Gasteiger partial charge in [0.1, 0.15) is 0 Å². The molecule has 0 aliphatic carbocycles. The molecule has 4 aromatic rings. The van der Waals surface area contributed by atoms with E-state index in [0.29, 0.717) is 0 Å². The van der Waals surface area contributed by atoms with E-state index in [4.69, 9.17) is 0 Å². The van der Waals surface area contributed by atoms with Crippen LogP contribution in [0.15, 0.2) is 61.1 Å². The molecule has 0 bridgehead atoms. The zero-order valence-corrected chi connectivity index (χ0v) is 19.6. The number of rotatable bonds is 9. The molecule has 3 aromatic heterocycles. The summed E-state index contributed by atoms with van der Waals surface area (Å²) in [4.78, 5) is 11.7. The standard InChI is InChI=1S/C27H33N5/c1-5-15-31(16-6-2)25-12-10-23(18-20(25)4)30-24-11-13-26(32-17-14-28-27(24)32)21-8-9-22(7-3)29-19-21/h8-14,17-19,30H,5-7,15-16H2,1-4H3. The monoisotopic (exact) mass is 427 g/mol. The summed E-state index contributed by atoms with van der Waals surface area (Å²) in [6.45, 7) is 11.0. The third kappa shape index (κ3) is 4.47. The number of pyridine rings is 2. The van der Waals surface area contributed by atoms with Crippen LogP contribution in [0.1, 0.15) is 44.9 Å². The first-order chi connectivity index (χ1) is 15.6. The highest BCUT2D eigenvalue weighted by molar-refractivity contribution is 5.78. The Morgan fingerprint density at radius 1 is 0.938 bits per heavy atom. The van der Waals surface area contributed by atoms with Crippen LogP contribution >= 0.6 is 0 Å². The van der Waals surface area contributed by atoms with Crippen molar-refractivity contribution in [3.8, 4) is 11.3 Å². The minimum absolute atomic E-state index is 0.905. The molecule has 0 aliphatic heterocycles. The van der Waals surface area contributed by atoms with E-state index in [1.54, 1.807) is 0 Å². The highest BCUT2D eigenvalue weighted by Crippen LogP contribution is 2.30. The fraction of sp³-hybridized carbons (Fsp3) is 0.333. The van der Waals surface area contributed by atoms with Gasteiger partial charge >= 0.3 is 0 Å². The highest BCUT2D eigenvalue weighted by atomic mass is 15.1. The van der Waals surface area contributed by atoms with Crippen LogP contribution in [-0.4, -0.2) is 27.5 Å². The van der Waals surface area contributed by atoms with Gasteiger partial charge in [0.2, 0.25) is 0 Å². The lowest BCUT2D eigenvalue weighted by Crippen LogP contribution is -2.25. The summed E-state index contributed by atoms with van der Waals surface area (Å²) in [6.07, 6.45) is 9.04. The average Bonchev–Trinajstić information content (AvgIpc) is 3.30. The van der Waals surface area contributed by atoms with Crippen molar-refractivity contribution in [3.63, 3.8) is 0 Å². The zero-order valence-electron chi connectivity index (χ0n) is 19.6. The van der Waals surface area contributed by atoms with E-state index in [1.807, 2.05) is 18.6 Å². The summed E-state index contributed by atoms with van der Waals surface area (Å²) in [5.41, 5.74) is 8.85. The van der Waals surface area contributed by atoms with Crippen LogP contribution in [0, 0.1) is 6.92 Å². The van der Waals surface area contributed by atoms with E-state index >= 15 is 0 Å². The van der Waals surface area contributed by atoms with Gasteiger partial charge in [-0.15, -0.1) is 0 Å². The van der Waals surface area contributed by atoms with Gasteiger partial charge in [0.05, 0.1) is 11.4 Å². The van der Waals surface area contributed by atoms with Gasteiger partial charge in [-0.1, -0.05) is 20.8 Å². The van der Waals surface area contributed by atoms with Crippen LogP contribution in [0.3, 0.4) is 0 Å². The number of benzene rings is 1. The van der Waals surface area contributed by atoms with Crippen LogP contribution in [0.5, 0.6) is 0 Å². The van der Waals surface area contributed by atoms with Crippen LogP contribution in [0.25, 0.3) is 16.9 Å². The molecule has 5 nitrogen and oxygen atoms in total. The molecular weight excluding hydrogens is 394 g/mol. The van der Waals surface area contributed by atoms with E-state index in [1.165, 1.54) is 11.3 Å². The Morgan fingerprint density at radius 2 is 1.75 bits per heavy atom. The van der Waals surface area contributed by atoms with Crippen molar-refractivity contribution < 1.29 is 0 Å². The van der Waals surface area contributed by atoms with Crippen molar-refractivity contribution in [2.45, 2.75) is 47.0 Å². The maximum absolute atomic E-state index is 4.62. The number of nitrogens with zero attached hydrogens (tertiary/aromatic N) is 4. The number of nitrogens with one attached hydrogen (secondary N) is 1. The normalized spacial score (nSPS) is 11.1. The Labute approximate surface area is 191 Å². The Bertz CT molecular complexity index is 1170. The van der Waals surface area contributed by atoms with Crippen LogP contribution in [0.2, 0.25) is 0 Å². The first kappa shape index (κ1) is 21.9. The third-order valence-corrected chi connectivity index (χ3v) is 5.84. The molecule has 0 spiro atoms. The van der Waals surface area contributed by atoms with Crippen molar-refractivity contribution in [2.24, 2.45) is 0 Å². The lowest BCUT2D eigenvalue weighted by atomic mass is 10.1. The predicted molar refractivity (Wildman–Crippen MR) is 135 cm³/mol. The molecule has 0 saturated carbocycles. The number of aryl methyl sites for hydroxylation is 2. The average molecular weight is 428 g/mol. The van der Waals surface area contributed by atoms with Crippen molar-refractivity contribution in [3.05, 3.63) is 72.3 Å². The van der Waals surface area contributed by atoms with E-state index in [2.05, 4.69) is 94.7 Å². The lowest BCUT2D eigenvalue weighted by molar-refractivity contribution is 0.743. The minimum Gasteiger partial charge on any atom is -0.371 e. The second-order valence-corrected chi connectivity index (χ2v) is 8.26. The molecule has 5 heteroatoms. The fourth-order valence-electron chi connectivity index (χ4n) is 4.27. The Balaban J connectivity index is 1.62. The molecule has 3 heterocycles. The van der Waals surface area contributed by atoms with E-state index in [-0.39, 0.29) is 0 Å². The van der Waals surface area contributed by atoms with Crippen LogP contribution in [0.4, 0.5) is 17.1 Å². The lowest BCUT2D eigenvalue weighted by Gasteiger charge is -2.26. The minimum atomic E-state index is 0.905. The molecule has 0 unspecified atom stereocenters. The number of imidazole rings is 1. The number of fused-ring (bicyclic) bond motifs is 1. The van der Waals surface area contributed by atoms with Crippen molar-refractivity contribution in [2.75, 3.05) is 23.3 Å².